The Morgan fingerprint density at radius 1 is 1.22 bits per heavy atom. The zero-order valence-corrected chi connectivity index (χ0v) is 13.7. The molecule has 0 atom stereocenters. The van der Waals surface area contributed by atoms with Crippen LogP contribution in [0.1, 0.15) is 22.8 Å². The summed E-state index contributed by atoms with van der Waals surface area (Å²) in [5.74, 6) is 0.277. The lowest BCUT2D eigenvalue weighted by Crippen LogP contribution is -2.03. The summed E-state index contributed by atoms with van der Waals surface area (Å²) in [7, 11) is 1.58. The maximum Gasteiger partial charge on any atom is 0.335 e. The molecule has 2 aromatic carbocycles. The third-order valence-electron chi connectivity index (χ3n) is 3.25. The first-order chi connectivity index (χ1) is 11.0. The van der Waals surface area contributed by atoms with Crippen LogP contribution in [0.4, 0.5) is 5.69 Å². The van der Waals surface area contributed by atoms with Crippen LogP contribution in [0.15, 0.2) is 36.4 Å². The number of hydrogen-bond donors (Lipinski definition) is 2. The second-order valence-electron chi connectivity index (χ2n) is 4.76. The van der Waals surface area contributed by atoms with Crippen LogP contribution in [0.25, 0.3) is 0 Å². The van der Waals surface area contributed by atoms with Gasteiger partial charge < -0.3 is 19.9 Å². The van der Waals surface area contributed by atoms with Gasteiger partial charge in [0.15, 0.2) is 11.5 Å². The molecule has 0 aromatic heterocycles. The molecule has 0 saturated carbocycles. The van der Waals surface area contributed by atoms with Gasteiger partial charge in [-0.15, -0.1) is 0 Å². The second kappa shape index (κ2) is 7.74. The van der Waals surface area contributed by atoms with E-state index >= 15 is 0 Å². The molecule has 0 fully saturated rings. The molecule has 0 bridgehead atoms. The van der Waals surface area contributed by atoms with Crippen LogP contribution in [0, 0.1) is 0 Å². The predicted molar refractivity (Wildman–Crippen MR) is 89.9 cm³/mol. The number of nitrogens with one attached hydrogen (secondary N) is 1. The van der Waals surface area contributed by atoms with E-state index in [0.717, 1.165) is 11.3 Å². The van der Waals surface area contributed by atoms with Crippen molar-refractivity contribution in [3.8, 4) is 11.5 Å². The van der Waals surface area contributed by atoms with E-state index in [9.17, 15) is 4.79 Å². The van der Waals surface area contributed by atoms with E-state index in [4.69, 9.17) is 26.2 Å². The zero-order chi connectivity index (χ0) is 16.8. The van der Waals surface area contributed by atoms with Crippen molar-refractivity contribution in [3.05, 3.63) is 52.5 Å². The first kappa shape index (κ1) is 17.0. The van der Waals surface area contributed by atoms with Gasteiger partial charge in [-0.1, -0.05) is 11.6 Å². The summed E-state index contributed by atoms with van der Waals surface area (Å²) < 4.78 is 10.8. The van der Waals surface area contributed by atoms with Gasteiger partial charge in [-0.3, -0.25) is 0 Å². The number of benzene rings is 2. The summed E-state index contributed by atoms with van der Waals surface area (Å²) >= 11 is 6.27. The van der Waals surface area contributed by atoms with Gasteiger partial charge in [0.25, 0.3) is 0 Å². The monoisotopic (exact) mass is 335 g/mol. The molecule has 5 nitrogen and oxygen atoms in total. The van der Waals surface area contributed by atoms with Crippen LogP contribution in [-0.2, 0) is 6.54 Å². The molecule has 0 aliphatic heterocycles. The molecule has 0 aliphatic rings. The first-order valence-corrected chi connectivity index (χ1v) is 7.49. The van der Waals surface area contributed by atoms with Gasteiger partial charge in [-0.25, -0.2) is 4.79 Å². The molecule has 6 heteroatoms. The van der Waals surface area contributed by atoms with Gasteiger partial charge in [0.2, 0.25) is 0 Å². The van der Waals surface area contributed by atoms with Gasteiger partial charge >= 0.3 is 5.97 Å². The molecule has 122 valence electrons. The highest BCUT2D eigenvalue weighted by atomic mass is 35.5. The lowest BCUT2D eigenvalue weighted by molar-refractivity contribution is 0.0697. The van der Waals surface area contributed by atoms with Crippen molar-refractivity contribution >= 4 is 23.3 Å². The normalized spacial score (nSPS) is 10.2. The summed E-state index contributed by atoms with van der Waals surface area (Å²) in [6.45, 7) is 2.90. The molecule has 0 saturated heterocycles. The van der Waals surface area contributed by atoms with Crippen LogP contribution in [0.3, 0.4) is 0 Å². The van der Waals surface area contributed by atoms with Gasteiger partial charge in [0.05, 0.1) is 19.3 Å². The third kappa shape index (κ3) is 4.29. The Bertz CT molecular complexity index is 686. The molecule has 2 aromatic rings. The fraction of sp³-hybridized carbons (Fsp3) is 0.235. The Kier molecular flexibility index (Phi) is 5.71. The number of carbonyl (C=O) groups is 1. The van der Waals surface area contributed by atoms with Gasteiger partial charge in [-0.2, -0.15) is 0 Å². The van der Waals surface area contributed by atoms with Crippen LogP contribution < -0.4 is 14.8 Å². The molecular weight excluding hydrogens is 318 g/mol. The van der Waals surface area contributed by atoms with Crippen molar-refractivity contribution in [3.63, 3.8) is 0 Å². The topological polar surface area (TPSA) is 67.8 Å². The SMILES string of the molecule is CCOc1cc(Cl)c(CNc2ccc(C(=O)O)cc2)cc1OC. The van der Waals surface area contributed by atoms with Crippen molar-refractivity contribution in [2.45, 2.75) is 13.5 Å². The predicted octanol–water partition coefficient (Wildman–Crippen LogP) is 4.06. The van der Waals surface area contributed by atoms with Gasteiger partial charge in [0.1, 0.15) is 0 Å². The molecule has 0 heterocycles. The lowest BCUT2D eigenvalue weighted by Gasteiger charge is -2.14. The molecule has 0 radical (unpaired) electrons. The van der Waals surface area contributed by atoms with Crippen molar-refractivity contribution in [1.82, 2.24) is 0 Å². The van der Waals surface area contributed by atoms with Gasteiger partial charge in [-0.05, 0) is 42.8 Å². The van der Waals surface area contributed by atoms with Crippen LogP contribution >= 0.6 is 11.6 Å². The summed E-state index contributed by atoms with van der Waals surface area (Å²) in [5, 5.41) is 12.7. The summed E-state index contributed by atoms with van der Waals surface area (Å²) in [4.78, 5) is 10.8. The molecule has 23 heavy (non-hydrogen) atoms. The van der Waals surface area contributed by atoms with Crippen LogP contribution in [0.5, 0.6) is 11.5 Å². The van der Waals surface area contributed by atoms with E-state index in [0.29, 0.717) is 29.7 Å². The number of ether oxygens (including phenoxy) is 2. The highest BCUT2D eigenvalue weighted by molar-refractivity contribution is 6.31. The highest BCUT2D eigenvalue weighted by Gasteiger charge is 2.10. The Labute approximate surface area is 139 Å². The van der Waals surface area contributed by atoms with Crippen LogP contribution in [0.2, 0.25) is 5.02 Å². The number of anilines is 1. The van der Waals surface area contributed by atoms with E-state index in [-0.39, 0.29) is 5.56 Å². The maximum atomic E-state index is 10.8. The second-order valence-corrected chi connectivity index (χ2v) is 5.17. The van der Waals surface area contributed by atoms with E-state index in [1.165, 1.54) is 0 Å². The Balaban J connectivity index is 2.12. The zero-order valence-electron chi connectivity index (χ0n) is 12.9. The minimum Gasteiger partial charge on any atom is -0.493 e. The largest absolute Gasteiger partial charge is 0.493 e. The van der Waals surface area contributed by atoms with Crippen LogP contribution in [-0.4, -0.2) is 24.8 Å². The van der Waals surface area contributed by atoms with Crippen molar-refractivity contribution in [2.75, 3.05) is 19.0 Å². The first-order valence-electron chi connectivity index (χ1n) is 7.11. The highest BCUT2D eigenvalue weighted by Crippen LogP contribution is 2.33. The minimum absolute atomic E-state index is 0.247. The molecule has 2 N–H and O–H groups in total. The number of aromatic carboxylic acids is 1. The Hall–Kier alpha value is -2.40. The number of hydrogen-bond acceptors (Lipinski definition) is 4. The Morgan fingerprint density at radius 3 is 2.48 bits per heavy atom. The van der Waals surface area contributed by atoms with Crippen molar-refractivity contribution in [2.24, 2.45) is 0 Å². The standard InChI is InChI=1S/C17H18ClNO4/c1-3-23-16-9-14(18)12(8-15(16)22-2)10-19-13-6-4-11(5-7-13)17(20)21/h4-9,19H,3,10H2,1-2H3,(H,20,21). The van der Waals surface area contributed by atoms with E-state index in [1.54, 1.807) is 37.4 Å². The molecule has 0 spiro atoms. The van der Waals surface area contributed by atoms with Gasteiger partial charge in [0, 0.05) is 23.3 Å². The third-order valence-corrected chi connectivity index (χ3v) is 3.60. The molecular formula is C17H18ClNO4. The number of halogens is 1. The smallest absolute Gasteiger partial charge is 0.335 e. The van der Waals surface area contributed by atoms with E-state index in [1.807, 2.05) is 13.0 Å². The average Bonchev–Trinajstić information content (AvgIpc) is 2.55. The van der Waals surface area contributed by atoms with Crippen molar-refractivity contribution in [1.29, 1.82) is 0 Å². The van der Waals surface area contributed by atoms with E-state index < -0.39 is 5.97 Å². The number of carboxylic acids is 1. The summed E-state index contributed by atoms with van der Waals surface area (Å²) in [6, 6.07) is 10.1. The number of methoxy groups -OCH3 is 1. The maximum absolute atomic E-state index is 10.8. The lowest BCUT2D eigenvalue weighted by atomic mass is 10.1. The fourth-order valence-electron chi connectivity index (χ4n) is 2.07. The Morgan fingerprint density at radius 2 is 1.91 bits per heavy atom. The summed E-state index contributed by atoms with van der Waals surface area (Å²) in [5.41, 5.74) is 1.91. The molecule has 2 rings (SSSR count). The number of carboxylic acid groups (broad SMARTS) is 1. The molecule has 0 amide bonds. The fourth-order valence-corrected chi connectivity index (χ4v) is 2.29. The molecule has 0 aliphatic carbocycles. The number of rotatable bonds is 7. The quantitative estimate of drug-likeness (QED) is 0.798. The average molecular weight is 336 g/mol. The minimum atomic E-state index is -0.948. The van der Waals surface area contributed by atoms with E-state index in [2.05, 4.69) is 5.32 Å². The van der Waals surface area contributed by atoms with Crippen molar-refractivity contribution < 1.29 is 19.4 Å². The molecule has 0 unspecified atom stereocenters. The summed E-state index contributed by atoms with van der Waals surface area (Å²) in [6.07, 6.45) is 0.